The van der Waals surface area contributed by atoms with Gasteiger partial charge in [0.1, 0.15) is 5.60 Å². The second-order valence-corrected chi connectivity index (χ2v) is 6.76. The van der Waals surface area contributed by atoms with E-state index >= 15 is 0 Å². The normalized spacial score (nSPS) is 10.9. The molecule has 25 heavy (non-hydrogen) atoms. The van der Waals surface area contributed by atoms with Gasteiger partial charge in [-0.15, -0.1) is 0 Å². The molecule has 0 atom stereocenters. The van der Waals surface area contributed by atoms with Crippen molar-refractivity contribution in [2.45, 2.75) is 19.4 Å². The summed E-state index contributed by atoms with van der Waals surface area (Å²) in [6.45, 7) is 2.58. The minimum atomic E-state index is -1.64. The zero-order valence-electron chi connectivity index (χ0n) is 13.7. The average molecular weight is 405 g/mol. The third-order valence-corrected chi connectivity index (χ3v) is 3.90. The van der Waals surface area contributed by atoms with Crippen LogP contribution in [0.4, 0.5) is 0 Å². The van der Waals surface area contributed by atoms with Crippen LogP contribution >= 0.6 is 15.9 Å². The van der Waals surface area contributed by atoms with Gasteiger partial charge in [-0.1, -0.05) is 34.1 Å². The lowest BCUT2D eigenvalue weighted by molar-refractivity contribution is -0.137. The van der Waals surface area contributed by atoms with E-state index < -0.39 is 17.4 Å². The van der Waals surface area contributed by atoms with Crippen molar-refractivity contribution in [3.8, 4) is 0 Å². The number of carbonyl (C=O) groups is 3. The highest BCUT2D eigenvalue weighted by atomic mass is 79.9. The van der Waals surface area contributed by atoms with Crippen molar-refractivity contribution >= 4 is 33.5 Å². The largest absolute Gasteiger partial charge is 0.381 e. The summed E-state index contributed by atoms with van der Waals surface area (Å²) in [7, 11) is 0. The molecule has 0 aliphatic carbocycles. The first-order valence-electron chi connectivity index (χ1n) is 7.42. The van der Waals surface area contributed by atoms with Crippen molar-refractivity contribution in [3.05, 3.63) is 69.7 Å². The molecule has 0 aromatic heterocycles. The number of carbonyl (C=O) groups excluding carboxylic acids is 3. The highest BCUT2D eigenvalue weighted by molar-refractivity contribution is 9.10. The van der Waals surface area contributed by atoms with Gasteiger partial charge in [0, 0.05) is 15.6 Å². The maximum Gasteiger partial charge on any atom is 0.270 e. The van der Waals surface area contributed by atoms with E-state index in [1.165, 1.54) is 26.0 Å². The standard InChI is InChI=1S/C18H17BrN2O4/c1-18(2,25)17(24)21-20-16(23)14-6-4-3-5-13(14)15(22)11-7-9-12(19)10-8-11/h3-10,25H,1-2H3,(H,20,23)(H,21,24). The van der Waals surface area contributed by atoms with Crippen molar-refractivity contribution in [1.29, 1.82) is 0 Å². The highest BCUT2D eigenvalue weighted by Crippen LogP contribution is 2.17. The molecule has 0 bridgehead atoms. The van der Waals surface area contributed by atoms with Gasteiger partial charge in [0.2, 0.25) is 0 Å². The van der Waals surface area contributed by atoms with Gasteiger partial charge in [-0.3, -0.25) is 25.2 Å². The molecule has 130 valence electrons. The molecule has 2 aromatic rings. The Kier molecular flexibility index (Phi) is 5.71. The second-order valence-electron chi connectivity index (χ2n) is 5.85. The number of hydrogen-bond acceptors (Lipinski definition) is 4. The Labute approximate surface area is 153 Å². The van der Waals surface area contributed by atoms with E-state index in [0.717, 1.165) is 4.47 Å². The van der Waals surface area contributed by atoms with Gasteiger partial charge in [0.25, 0.3) is 11.8 Å². The second kappa shape index (κ2) is 7.58. The predicted molar refractivity (Wildman–Crippen MR) is 95.9 cm³/mol. The highest BCUT2D eigenvalue weighted by Gasteiger charge is 2.25. The molecule has 0 fully saturated rings. The fourth-order valence-electron chi connectivity index (χ4n) is 1.97. The zero-order chi connectivity index (χ0) is 18.6. The van der Waals surface area contributed by atoms with Crippen LogP contribution in [0.25, 0.3) is 0 Å². The van der Waals surface area contributed by atoms with Crippen LogP contribution in [0.1, 0.15) is 40.1 Å². The van der Waals surface area contributed by atoms with Crippen molar-refractivity contribution in [2.75, 3.05) is 0 Å². The van der Waals surface area contributed by atoms with Crippen LogP contribution in [-0.2, 0) is 4.79 Å². The molecule has 0 radical (unpaired) electrons. The zero-order valence-corrected chi connectivity index (χ0v) is 15.3. The Balaban J connectivity index is 2.22. The topological polar surface area (TPSA) is 95.5 Å². The van der Waals surface area contributed by atoms with Crippen LogP contribution in [-0.4, -0.2) is 28.3 Å². The molecule has 2 aromatic carbocycles. The lowest BCUT2D eigenvalue weighted by atomic mass is 9.98. The molecule has 0 heterocycles. The molecular weight excluding hydrogens is 388 g/mol. The summed E-state index contributed by atoms with van der Waals surface area (Å²) >= 11 is 3.30. The van der Waals surface area contributed by atoms with Gasteiger partial charge in [0.15, 0.2) is 5.78 Å². The molecule has 6 nitrogen and oxygen atoms in total. The maximum atomic E-state index is 12.7. The molecule has 0 spiro atoms. The number of ketones is 1. The molecule has 0 unspecified atom stereocenters. The molecule has 0 saturated heterocycles. The smallest absolute Gasteiger partial charge is 0.270 e. The Morgan fingerprint density at radius 2 is 1.48 bits per heavy atom. The van der Waals surface area contributed by atoms with Crippen molar-refractivity contribution in [1.82, 2.24) is 10.9 Å². The molecule has 3 N–H and O–H groups in total. The van der Waals surface area contributed by atoms with Crippen molar-refractivity contribution in [3.63, 3.8) is 0 Å². The van der Waals surface area contributed by atoms with E-state index in [1.54, 1.807) is 36.4 Å². The molecule has 0 aliphatic rings. The minimum absolute atomic E-state index is 0.117. The number of hydrazine groups is 1. The third-order valence-electron chi connectivity index (χ3n) is 3.37. The number of hydrogen-bond donors (Lipinski definition) is 3. The number of aliphatic hydroxyl groups is 1. The monoisotopic (exact) mass is 404 g/mol. The van der Waals surface area contributed by atoms with Crippen LogP contribution < -0.4 is 10.9 Å². The van der Waals surface area contributed by atoms with Gasteiger partial charge in [-0.2, -0.15) is 0 Å². The Bertz CT molecular complexity index is 811. The predicted octanol–water partition coefficient (Wildman–Crippen LogP) is 2.21. The van der Waals surface area contributed by atoms with Gasteiger partial charge < -0.3 is 5.11 Å². The lowest BCUT2D eigenvalue weighted by Gasteiger charge is -2.17. The first-order chi connectivity index (χ1) is 11.7. The Morgan fingerprint density at radius 3 is 2.04 bits per heavy atom. The van der Waals surface area contributed by atoms with Crippen LogP contribution in [0, 0.1) is 0 Å². The third kappa shape index (κ3) is 4.74. The van der Waals surface area contributed by atoms with E-state index in [-0.39, 0.29) is 16.9 Å². The van der Waals surface area contributed by atoms with Crippen LogP contribution in [0.2, 0.25) is 0 Å². The van der Waals surface area contributed by atoms with Crippen molar-refractivity contribution < 1.29 is 19.5 Å². The van der Waals surface area contributed by atoms with Crippen LogP contribution in [0.5, 0.6) is 0 Å². The molecule has 0 saturated carbocycles. The number of rotatable bonds is 4. The van der Waals surface area contributed by atoms with Crippen LogP contribution in [0.15, 0.2) is 53.0 Å². The van der Waals surface area contributed by atoms with Gasteiger partial charge in [-0.05, 0) is 44.2 Å². The molecular formula is C18H17BrN2O4. The Morgan fingerprint density at radius 1 is 0.920 bits per heavy atom. The first-order valence-corrected chi connectivity index (χ1v) is 8.22. The molecule has 2 rings (SSSR count). The fraction of sp³-hybridized carbons (Fsp3) is 0.167. The van der Waals surface area contributed by atoms with Crippen molar-refractivity contribution in [2.24, 2.45) is 0 Å². The number of halogens is 1. The minimum Gasteiger partial charge on any atom is -0.381 e. The summed E-state index contributed by atoms with van der Waals surface area (Å²) in [5, 5.41) is 9.56. The lowest BCUT2D eigenvalue weighted by Crippen LogP contribution is -2.50. The summed E-state index contributed by atoms with van der Waals surface area (Å²) in [5.41, 5.74) is 3.45. The Hall–Kier alpha value is -2.51. The van der Waals surface area contributed by atoms with Crippen LogP contribution in [0.3, 0.4) is 0 Å². The fourth-order valence-corrected chi connectivity index (χ4v) is 2.23. The van der Waals surface area contributed by atoms with E-state index in [4.69, 9.17) is 0 Å². The summed E-state index contributed by atoms with van der Waals surface area (Å²) in [5.74, 6) is -1.73. The van der Waals surface area contributed by atoms with E-state index in [2.05, 4.69) is 26.8 Å². The van der Waals surface area contributed by atoms with Gasteiger partial charge >= 0.3 is 0 Å². The van der Waals surface area contributed by atoms with E-state index in [9.17, 15) is 19.5 Å². The molecule has 0 aliphatic heterocycles. The summed E-state index contributed by atoms with van der Waals surface area (Å²) in [6, 6.07) is 13.1. The number of benzene rings is 2. The quantitative estimate of drug-likeness (QED) is 0.537. The molecule has 7 heteroatoms. The van der Waals surface area contributed by atoms with E-state index in [0.29, 0.717) is 5.56 Å². The molecule has 2 amide bonds. The summed E-state index contributed by atoms with van der Waals surface area (Å²) in [4.78, 5) is 36.6. The maximum absolute atomic E-state index is 12.7. The first kappa shape index (κ1) is 18.8. The summed E-state index contributed by atoms with van der Waals surface area (Å²) < 4.78 is 0.837. The SMILES string of the molecule is CC(C)(O)C(=O)NNC(=O)c1ccccc1C(=O)c1ccc(Br)cc1. The van der Waals surface area contributed by atoms with Gasteiger partial charge in [-0.25, -0.2) is 0 Å². The summed E-state index contributed by atoms with van der Waals surface area (Å²) in [6.07, 6.45) is 0. The van der Waals surface area contributed by atoms with E-state index in [1.807, 2.05) is 0 Å². The number of amides is 2. The van der Waals surface area contributed by atoms with Gasteiger partial charge in [0.05, 0.1) is 5.56 Å². The number of nitrogens with one attached hydrogen (secondary N) is 2. The average Bonchev–Trinajstić information content (AvgIpc) is 2.58.